The van der Waals surface area contributed by atoms with Crippen molar-refractivity contribution in [2.75, 3.05) is 124 Å². The van der Waals surface area contributed by atoms with Gasteiger partial charge in [-0.1, -0.05) is 135 Å². The molecule has 34 nitrogen and oxygen atoms in total. The predicted octanol–water partition coefficient (Wildman–Crippen LogP) is 8.58. The van der Waals surface area contributed by atoms with E-state index in [1.54, 1.807) is 162 Å². The Bertz CT molecular complexity index is 4740. The number of nitrogens with one attached hydrogen (secondary N) is 6. The summed E-state index contributed by atoms with van der Waals surface area (Å²) in [6, 6.07) is 22.2. The lowest BCUT2D eigenvalue weighted by Gasteiger charge is -2.41. The fraction of sp³-hybridized carbons (Fsp3) is 0.521. The summed E-state index contributed by atoms with van der Waals surface area (Å²) in [5.74, 6) is -12.1. The number of hydrogen-bond donors (Lipinski definition) is 8. The minimum atomic E-state index is -1.29. The SMILES string of the molecule is CCC(C)[C@@H]([C@@H](CC(=O)N1CCC[C@H]1[C@H](OC)[C@@H](C)C(=O)N[C@H](C)[C@@H](O)c1ccccc1)OC)N(C)C(=O)[C@@H](NC(=O)[C@H](C(C)C)N(C)C(=O)OCc1ccc(NC(=O)[C@H](CCCNC(N)=O)NC(=O)[C@@H](NC(=O)COCCOc2c(F)cc(N3C(=O)C(Sc4ccc(C(=O)N5CCOCC5)cc4)=C(Sc4ccc(C(=O)N5CCOCC5)cc4)C3=O)cc2F)C(C)C)cc1)C(C)C. The molecule has 0 aromatic heterocycles. The summed E-state index contributed by atoms with van der Waals surface area (Å²) < 4.78 is 71.7. The van der Waals surface area contributed by atoms with E-state index in [1.807, 2.05) is 19.9 Å². The standard InChI is InChI=1S/C94H125F2N13O21S2/c1-15-57(8)78(72(124-13)51-74(111)108-38-20-24-71(108)80(125-14)58(9)84(113)99-59(10)79(112)61-21-17-16-18-22-61)104(11)90(119)76(55(4)5)103-87(116)77(56(6)7)105(12)94(123)130-52-60-25-31-64(32-26-60)100-85(114)70(23-19-37-98-93(97)122)101-86(115)75(54(2)3)102-73(110)53-128-47-48-129-81-68(95)49-65(50-69(81)96)109-91(120)82(131-66-33-27-62(28-34-66)88(117)106-39-43-126-44-40-106)83(92(109)121)132-67-35-29-63(30-36-67)89(118)107-41-45-127-46-42-107/h16-18,21-22,25-36,49-50,54-59,70-72,75-80,112H,15,19-20,23-24,37-48,51-53H2,1-14H3,(H,99,113)(H,100,114)(H,101,115)(H,102,110)(H,103,116)(H3,97,98,122)/t57?,58-,59-,70+,71+,72-,75+,76+,77+,78+,79-,80-/m1/s1. The number of carbonyl (C=O) groups excluding carboxylic acids is 13. The van der Waals surface area contributed by atoms with Gasteiger partial charge in [-0.25, -0.2) is 23.3 Å². The average molecular weight is 1880 g/mol. The summed E-state index contributed by atoms with van der Waals surface area (Å²) in [6.07, 6.45) is -1.51. The largest absolute Gasteiger partial charge is 0.485 e. The van der Waals surface area contributed by atoms with Gasteiger partial charge in [0, 0.05) is 106 Å². The van der Waals surface area contributed by atoms with Crippen molar-refractivity contribution in [3.05, 3.63) is 159 Å². The van der Waals surface area contributed by atoms with Gasteiger partial charge >= 0.3 is 12.1 Å². The third kappa shape index (κ3) is 28.0. The van der Waals surface area contributed by atoms with Gasteiger partial charge in [0.2, 0.25) is 41.4 Å². The molecular weight excluding hydrogens is 1750 g/mol. The number of anilines is 2. The first kappa shape index (κ1) is 105. The van der Waals surface area contributed by atoms with E-state index in [2.05, 4.69) is 31.9 Å². The third-order valence-electron chi connectivity index (χ3n) is 23.7. The normalized spacial score (nSPS) is 17.3. The van der Waals surface area contributed by atoms with E-state index in [-0.39, 0.29) is 77.5 Å². The maximum Gasteiger partial charge on any atom is 0.410 e. The van der Waals surface area contributed by atoms with Crippen molar-refractivity contribution in [3.8, 4) is 5.75 Å². The summed E-state index contributed by atoms with van der Waals surface area (Å²) in [7, 11) is 6.01. The number of morpholine rings is 2. The maximum absolute atomic E-state index is 16.1. The number of carbonyl (C=O) groups is 13. The Kier molecular flexibility index (Phi) is 39.7. The zero-order valence-electron chi connectivity index (χ0n) is 77.2. The van der Waals surface area contributed by atoms with Crippen molar-refractivity contribution >= 4 is 112 Å². The Hall–Kier alpha value is -11.1. The highest BCUT2D eigenvalue weighted by Gasteiger charge is 2.46. The molecule has 0 aliphatic carbocycles. The van der Waals surface area contributed by atoms with Crippen molar-refractivity contribution < 1.29 is 109 Å². The number of primary amides is 1. The van der Waals surface area contributed by atoms with Crippen LogP contribution in [0.5, 0.6) is 5.75 Å². The van der Waals surface area contributed by atoms with E-state index in [0.29, 0.717) is 115 Å². The van der Waals surface area contributed by atoms with Gasteiger partial charge in [-0.15, -0.1) is 0 Å². The Morgan fingerprint density at radius 2 is 1.20 bits per heavy atom. The van der Waals surface area contributed by atoms with Crippen molar-refractivity contribution in [2.45, 2.75) is 185 Å². The zero-order valence-corrected chi connectivity index (χ0v) is 78.9. The zero-order chi connectivity index (χ0) is 96.3. The quantitative estimate of drug-likeness (QED) is 0.0133. The molecule has 4 aliphatic rings. The number of ether oxygens (including phenoxy) is 7. The van der Waals surface area contributed by atoms with Crippen LogP contribution < -0.4 is 47.3 Å². The number of benzene rings is 5. The number of imide groups is 1. The number of rotatable bonds is 45. The number of hydrogen-bond acceptors (Lipinski definition) is 23. The van der Waals surface area contributed by atoms with Gasteiger partial charge in [0.1, 0.15) is 44.0 Å². The minimum absolute atomic E-state index is 0.0277. The Balaban J connectivity index is 0.756. The van der Waals surface area contributed by atoms with Crippen LogP contribution in [0.2, 0.25) is 0 Å². The first-order valence-electron chi connectivity index (χ1n) is 44.5. The van der Waals surface area contributed by atoms with E-state index >= 15 is 8.78 Å². The van der Waals surface area contributed by atoms with Gasteiger partial charge in [-0.2, -0.15) is 0 Å². The molecule has 132 heavy (non-hydrogen) atoms. The summed E-state index contributed by atoms with van der Waals surface area (Å²) in [4.78, 5) is 190. The van der Waals surface area contributed by atoms with Crippen LogP contribution >= 0.6 is 23.5 Å². The molecule has 0 spiro atoms. The van der Waals surface area contributed by atoms with E-state index in [9.17, 15) is 67.4 Å². The van der Waals surface area contributed by atoms with Crippen LogP contribution in [0.1, 0.15) is 146 Å². The summed E-state index contributed by atoms with van der Waals surface area (Å²) in [5, 5.41) is 27.4. The van der Waals surface area contributed by atoms with Gasteiger partial charge in [0.15, 0.2) is 17.4 Å². The number of thioether (sulfide) groups is 2. The topological polar surface area (TPSA) is 424 Å². The van der Waals surface area contributed by atoms with Gasteiger partial charge in [-0.05, 0) is 128 Å². The molecule has 12 atom stereocenters. The number of aliphatic hydroxyl groups excluding tert-OH is 1. The summed E-state index contributed by atoms with van der Waals surface area (Å²) in [5.41, 5.74) is 6.99. The lowest BCUT2D eigenvalue weighted by atomic mass is 9.89. The van der Waals surface area contributed by atoms with Crippen molar-refractivity contribution in [3.63, 3.8) is 0 Å². The second kappa shape index (κ2) is 50.1. The Labute approximate surface area is 777 Å². The first-order valence-corrected chi connectivity index (χ1v) is 46.1. The number of likely N-dealkylation sites (tertiary alicyclic amines) is 1. The highest BCUT2D eigenvalue weighted by atomic mass is 32.2. The fourth-order valence-corrected chi connectivity index (χ4v) is 18.2. The predicted molar refractivity (Wildman–Crippen MR) is 489 cm³/mol. The number of halogens is 2. The molecule has 4 heterocycles. The van der Waals surface area contributed by atoms with Crippen LogP contribution in [-0.4, -0.2) is 275 Å². The molecule has 1 unspecified atom stereocenters. The van der Waals surface area contributed by atoms with Crippen LogP contribution in [0, 0.1) is 41.2 Å². The van der Waals surface area contributed by atoms with Gasteiger partial charge in [0.25, 0.3) is 23.6 Å². The molecule has 9 rings (SSSR count). The van der Waals surface area contributed by atoms with Crippen LogP contribution in [0.25, 0.3) is 0 Å². The second-order valence-corrected chi connectivity index (χ2v) is 36.3. The molecular formula is C94H125F2N13O21S2. The molecule has 3 fully saturated rings. The number of urea groups is 1. The van der Waals surface area contributed by atoms with Crippen molar-refractivity contribution in [1.29, 1.82) is 0 Å². The summed E-state index contributed by atoms with van der Waals surface area (Å²) in [6.45, 7) is 19.5. The van der Waals surface area contributed by atoms with Gasteiger partial charge in [-0.3, -0.25) is 57.6 Å². The molecule has 5 aromatic carbocycles. The Morgan fingerprint density at radius 3 is 1.71 bits per heavy atom. The van der Waals surface area contributed by atoms with Crippen LogP contribution in [-0.2, 0) is 78.2 Å². The highest BCUT2D eigenvalue weighted by Crippen LogP contribution is 2.45. The van der Waals surface area contributed by atoms with E-state index in [0.717, 1.165) is 40.6 Å². The first-order chi connectivity index (χ1) is 63.0. The number of nitrogens with zero attached hydrogens (tertiary/aromatic N) is 6. The smallest absolute Gasteiger partial charge is 0.410 e. The molecule has 0 bridgehead atoms. The van der Waals surface area contributed by atoms with Crippen LogP contribution in [0.4, 0.5) is 29.7 Å². The number of likely N-dealkylation sites (N-methyl/N-ethyl adjacent to an activating group) is 2. The molecule has 0 radical (unpaired) electrons. The second-order valence-electron chi connectivity index (χ2n) is 34.1. The molecule has 0 saturated carbocycles. The maximum atomic E-state index is 16.1. The molecule has 5 aromatic rings. The van der Waals surface area contributed by atoms with E-state index < -0.39 is 181 Å². The highest BCUT2D eigenvalue weighted by molar-refractivity contribution is 8.08. The fourth-order valence-electron chi connectivity index (χ4n) is 16.2. The van der Waals surface area contributed by atoms with Crippen LogP contribution in [0.3, 0.4) is 0 Å². The van der Waals surface area contributed by atoms with E-state index in [4.69, 9.17) is 38.9 Å². The summed E-state index contributed by atoms with van der Waals surface area (Å²) >= 11 is 1.83. The van der Waals surface area contributed by atoms with Gasteiger partial charge < -0.3 is 95.5 Å². The number of aliphatic hydroxyl groups is 1. The molecule has 3 saturated heterocycles. The van der Waals surface area contributed by atoms with Crippen molar-refractivity contribution in [2.24, 2.45) is 35.3 Å². The molecule has 38 heteroatoms. The lowest BCUT2D eigenvalue weighted by molar-refractivity contribution is -0.148. The van der Waals surface area contributed by atoms with E-state index in [1.165, 1.54) is 38.3 Å². The molecule has 9 N–H and O–H groups in total. The van der Waals surface area contributed by atoms with Crippen molar-refractivity contribution in [1.82, 2.24) is 51.1 Å². The number of nitrogens with two attached hydrogens (primary N) is 1. The monoisotopic (exact) mass is 1870 g/mol. The lowest BCUT2D eigenvalue weighted by Crippen LogP contribution is -2.60. The third-order valence-corrected chi connectivity index (χ3v) is 26.0. The molecule has 718 valence electrons. The number of methoxy groups -OCH3 is 2. The molecule has 14 amide bonds. The van der Waals surface area contributed by atoms with Gasteiger partial charge in [0.05, 0.1) is 97.3 Å². The Morgan fingerprint density at radius 1 is 0.636 bits per heavy atom. The minimum Gasteiger partial charge on any atom is -0.485 e. The van der Waals surface area contributed by atoms with Crippen LogP contribution in [0.15, 0.2) is 135 Å². The number of amides is 14. The average Bonchev–Trinajstić information content (AvgIpc) is 1.61. The molecule has 4 aliphatic heterocycles.